The number of amides is 1. The third kappa shape index (κ3) is 4.06. The average molecular weight is 354 g/mol. The molecular formula is C16H20BrNO3. The van der Waals surface area contributed by atoms with Crippen molar-refractivity contribution in [3.63, 3.8) is 0 Å². The van der Waals surface area contributed by atoms with Gasteiger partial charge in [-0.3, -0.25) is 9.59 Å². The first-order chi connectivity index (χ1) is 9.99. The third-order valence-electron chi connectivity index (χ3n) is 4.04. The second-order valence-electron chi connectivity index (χ2n) is 5.64. The fourth-order valence-electron chi connectivity index (χ4n) is 2.78. The molecule has 5 heteroatoms. The van der Waals surface area contributed by atoms with Crippen molar-refractivity contribution >= 4 is 27.8 Å². The number of benzene rings is 1. The summed E-state index contributed by atoms with van der Waals surface area (Å²) >= 11 is 3.51. The minimum Gasteiger partial charge on any atom is -0.481 e. The van der Waals surface area contributed by atoms with Gasteiger partial charge in [0.05, 0.1) is 5.92 Å². The number of rotatable bonds is 4. The smallest absolute Gasteiger partial charge is 0.308 e. The van der Waals surface area contributed by atoms with Crippen LogP contribution in [0.3, 0.4) is 0 Å². The maximum absolute atomic E-state index is 12.4. The van der Waals surface area contributed by atoms with Crippen LogP contribution in [0.4, 0.5) is 0 Å². The summed E-state index contributed by atoms with van der Waals surface area (Å²) in [5, 5.41) is 9.09. The summed E-state index contributed by atoms with van der Waals surface area (Å²) < 4.78 is 1.01. The van der Waals surface area contributed by atoms with Crippen molar-refractivity contribution in [1.29, 1.82) is 0 Å². The van der Waals surface area contributed by atoms with Crippen LogP contribution < -0.4 is 0 Å². The Morgan fingerprint density at radius 1 is 1.43 bits per heavy atom. The number of carboxylic acids is 1. The van der Waals surface area contributed by atoms with E-state index < -0.39 is 11.9 Å². The zero-order chi connectivity index (χ0) is 15.4. The molecule has 0 unspecified atom stereocenters. The highest BCUT2D eigenvalue weighted by molar-refractivity contribution is 9.10. The van der Waals surface area contributed by atoms with Gasteiger partial charge in [-0.1, -0.05) is 41.1 Å². The minimum absolute atomic E-state index is 0.0456. The third-order valence-corrected chi connectivity index (χ3v) is 4.76. The molecule has 1 aliphatic heterocycles. The Kier molecular flexibility index (Phi) is 5.39. The fourth-order valence-corrected chi connectivity index (χ4v) is 3.46. The van der Waals surface area contributed by atoms with Gasteiger partial charge < -0.3 is 10.0 Å². The number of carbonyl (C=O) groups excluding carboxylic acids is 1. The van der Waals surface area contributed by atoms with Gasteiger partial charge >= 0.3 is 5.97 Å². The molecule has 114 valence electrons. The first kappa shape index (κ1) is 16.0. The minimum atomic E-state index is -0.800. The number of aliphatic carboxylic acids is 1. The zero-order valence-corrected chi connectivity index (χ0v) is 13.7. The Balaban J connectivity index is 1.98. The Morgan fingerprint density at radius 3 is 2.81 bits per heavy atom. The predicted molar refractivity (Wildman–Crippen MR) is 84.1 cm³/mol. The van der Waals surface area contributed by atoms with Crippen molar-refractivity contribution in [3.8, 4) is 0 Å². The van der Waals surface area contributed by atoms with Crippen LogP contribution in [0.2, 0.25) is 0 Å². The highest BCUT2D eigenvalue weighted by atomic mass is 79.9. The molecule has 0 bridgehead atoms. The molecular weight excluding hydrogens is 334 g/mol. The van der Waals surface area contributed by atoms with E-state index in [2.05, 4.69) is 15.9 Å². The maximum atomic E-state index is 12.4. The largest absolute Gasteiger partial charge is 0.481 e. The summed E-state index contributed by atoms with van der Waals surface area (Å²) in [5.74, 6) is -1.06. The summed E-state index contributed by atoms with van der Waals surface area (Å²) in [4.78, 5) is 25.1. The summed E-state index contributed by atoms with van der Waals surface area (Å²) in [6.45, 7) is 3.04. The van der Waals surface area contributed by atoms with Gasteiger partial charge in [0.2, 0.25) is 5.91 Å². The number of hydrogen-bond acceptors (Lipinski definition) is 2. The number of hydrogen-bond donors (Lipinski definition) is 1. The number of halogens is 1. The van der Waals surface area contributed by atoms with E-state index in [4.69, 9.17) is 5.11 Å². The molecule has 1 heterocycles. The Labute approximate surface area is 133 Å². The molecule has 0 aromatic heterocycles. The molecule has 21 heavy (non-hydrogen) atoms. The summed E-state index contributed by atoms with van der Waals surface area (Å²) in [6, 6.07) is 7.89. The van der Waals surface area contributed by atoms with Crippen LogP contribution in [0.15, 0.2) is 28.7 Å². The van der Waals surface area contributed by atoms with E-state index in [1.165, 1.54) is 0 Å². The lowest BCUT2D eigenvalue weighted by atomic mass is 9.94. The lowest BCUT2D eigenvalue weighted by molar-refractivity contribution is -0.145. The molecule has 0 saturated carbocycles. The van der Waals surface area contributed by atoms with Gasteiger partial charge in [0, 0.05) is 24.0 Å². The van der Waals surface area contributed by atoms with E-state index in [1.807, 2.05) is 31.2 Å². The van der Waals surface area contributed by atoms with E-state index in [0.29, 0.717) is 25.9 Å². The number of carbonyl (C=O) groups is 2. The number of nitrogens with zero attached hydrogens (tertiary/aromatic N) is 1. The molecule has 2 atom stereocenters. The van der Waals surface area contributed by atoms with E-state index >= 15 is 0 Å². The van der Waals surface area contributed by atoms with Crippen LogP contribution in [-0.2, 0) is 9.59 Å². The molecule has 0 spiro atoms. The monoisotopic (exact) mass is 353 g/mol. The van der Waals surface area contributed by atoms with E-state index in [0.717, 1.165) is 16.5 Å². The predicted octanol–water partition coefficient (Wildman–Crippen LogP) is 3.27. The van der Waals surface area contributed by atoms with Crippen LogP contribution in [0.25, 0.3) is 0 Å². The topological polar surface area (TPSA) is 57.6 Å². The summed E-state index contributed by atoms with van der Waals surface area (Å²) in [5.41, 5.74) is 1.11. The molecule has 1 N–H and O–H groups in total. The van der Waals surface area contributed by atoms with Crippen molar-refractivity contribution in [3.05, 3.63) is 34.3 Å². The summed E-state index contributed by atoms with van der Waals surface area (Å²) in [7, 11) is 0. The van der Waals surface area contributed by atoms with Crippen LogP contribution in [0.5, 0.6) is 0 Å². The zero-order valence-electron chi connectivity index (χ0n) is 12.1. The van der Waals surface area contributed by atoms with Crippen molar-refractivity contribution < 1.29 is 14.7 Å². The molecule has 1 amide bonds. The van der Waals surface area contributed by atoms with Crippen molar-refractivity contribution in [2.45, 2.75) is 32.1 Å². The van der Waals surface area contributed by atoms with Crippen LogP contribution in [-0.4, -0.2) is 35.0 Å². The average Bonchev–Trinajstić information content (AvgIpc) is 2.47. The SMILES string of the molecule is C[C@H](CC(=O)N1CCC[C@H](C(=O)O)C1)c1ccccc1Br. The Bertz CT molecular complexity index is 532. The lowest BCUT2D eigenvalue weighted by Gasteiger charge is -2.31. The van der Waals surface area contributed by atoms with Gasteiger partial charge in [-0.2, -0.15) is 0 Å². The molecule has 1 aliphatic rings. The standard InChI is InChI=1S/C16H20BrNO3/c1-11(13-6-2-3-7-14(13)17)9-15(19)18-8-4-5-12(10-18)16(20)21/h2-3,6-7,11-12H,4-5,8-10H2,1H3,(H,20,21)/t11-,12+/m1/s1. The van der Waals surface area contributed by atoms with E-state index in [1.54, 1.807) is 4.90 Å². The summed E-state index contributed by atoms with van der Waals surface area (Å²) in [6.07, 6.45) is 1.85. The molecule has 0 aliphatic carbocycles. The highest BCUT2D eigenvalue weighted by Gasteiger charge is 2.28. The van der Waals surface area contributed by atoms with Gasteiger partial charge in [0.15, 0.2) is 0 Å². The Hall–Kier alpha value is -1.36. The number of carboxylic acid groups (broad SMARTS) is 1. The second-order valence-corrected chi connectivity index (χ2v) is 6.50. The normalized spacial score (nSPS) is 20.1. The van der Waals surface area contributed by atoms with Crippen LogP contribution in [0.1, 0.15) is 37.7 Å². The maximum Gasteiger partial charge on any atom is 0.308 e. The molecule has 1 aromatic carbocycles. The first-order valence-electron chi connectivity index (χ1n) is 7.24. The lowest BCUT2D eigenvalue weighted by Crippen LogP contribution is -2.42. The first-order valence-corrected chi connectivity index (χ1v) is 8.03. The second kappa shape index (κ2) is 7.07. The molecule has 1 fully saturated rings. The van der Waals surface area contributed by atoms with Gasteiger partial charge in [-0.25, -0.2) is 0 Å². The van der Waals surface area contributed by atoms with Crippen LogP contribution >= 0.6 is 15.9 Å². The van der Waals surface area contributed by atoms with Gasteiger partial charge in [0.1, 0.15) is 0 Å². The van der Waals surface area contributed by atoms with Crippen LogP contribution in [0, 0.1) is 5.92 Å². The van der Waals surface area contributed by atoms with Gasteiger partial charge in [0.25, 0.3) is 0 Å². The fraction of sp³-hybridized carbons (Fsp3) is 0.500. The van der Waals surface area contributed by atoms with Crippen molar-refractivity contribution in [1.82, 2.24) is 4.90 Å². The highest BCUT2D eigenvalue weighted by Crippen LogP contribution is 2.28. The van der Waals surface area contributed by atoms with Gasteiger partial charge in [-0.15, -0.1) is 0 Å². The Morgan fingerprint density at radius 2 is 2.14 bits per heavy atom. The molecule has 2 rings (SSSR count). The van der Waals surface area contributed by atoms with E-state index in [-0.39, 0.29) is 11.8 Å². The van der Waals surface area contributed by atoms with Crippen molar-refractivity contribution in [2.75, 3.05) is 13.1 Å². The molecule has 4 nitrogen and oxygen atoms in total. The molecule has 1 aromatic rings. The van der Waals surface area contributed by atoms with Gasteiger partial charge in [-0.05, 0) is 30.4 Å². The number of likely N-dealkylation sites (tertiary alicyclic amines) is 1. The van der Waals surface area contributed by atoms with Crippen molar-refractivity contribution in [2.24, 2.45) is 5.92 Å². The van der Waals surface area contributed by atoms with E-state index in [9.17, 15) is 9.59 Å². The molecule has 0 radical (unpaired) electrons. The quantitative estimate of drug-likeness (QED) is 0.903. The molecule has 1 saturated heterocycles. The number of piperidine rings is 1.